The van der Waals surface area contributed by atoms with Crippen LogP contribution in [0.2, 0.25) is 0 Å². The van der Waals surface area contributed by atoms with E-state index in [1.807, 2.05) is 24.3 Å². The molecular formula is C25H22F3N3O3. The molecule has 176 valence electrons. The number of aromatic nitrogens is 1. The number of aromatic hydroxyl groups is 1. The average Bonchev–Trinajstić information content (AvgIpc) is 3.29. The van der Waals surface area contributed by atoms with Crippen LogP contribution in [0.15, 0.2) is 53.1 Å². The van der Waals surface area contributed by atoms with E-state index in [-0.39, 0.29) is 17.0 Å². The number of anilines is 1. The van der Waals surface area contributed by atoms with Gasteiger partial charge in [0.15, 0.2) is 23.0 Å². The van der Waals surface area contributed by atoms with Gasteiger partial charge in [0.1, 0.15) is 17.2 Å². The van der Waals surface area contributed by atoms with Crippen molar-refractivity contribution in [2.45, 2.75) is 6.54 Å². The molecule has 3 aromatic carbocycles. The van der Waals surface area contributed by atoms with E-state index in [2.05, 4.69) is 15.0 Å². The molecule has 34 heavy (non-hydrogen) atoms. The Bertz CT molecular complexity index is 1310. The highest BCUT2D eigenvalue weighted by Crippen LogP contribution is 2.35. The second-order valence-corrected chi connectivity index (χ2v) is 8.19. The molecule has 0 bridgehead atoms. The van der Waals surface area contributed by atoms with Crippen LogP contribution in [0.25, 0.3) is 22.2 Å². The van der Waals surface area contributed by atoms with Crippen molar-refractivity contribution in [2.75, 3.05) is 38.2 Å². The fourth-order valence-corrected chi connectivity index (χ4v) is 4.28. The molecule has 0 saturated carbocycles. The van der Waals surface area contributed by atoms with Crippen LogP contribution in [0.1, 0.15) is 5.56 Å². The van der Waals surface area contributed by atoms with Crippen LogP contribution in [0.5, 0.6) is 11.5 Å². The first kappa shape index (κ1) is 22.1. The maximum Gasteiger partial charge on any atom is 0.194 e. The zero-order chi connectivity index (χ0) is 23.8. The van der Waals surface area contributed by atoms with Crippen molar-refractivity contribution in [3.63, 3.8) is 0 Å². The predicted octanol–water partition coefficient (Wildman–Crippen LogP) is 4.95. The van der Waals surface area contributed by atoms with Gasteiger partial charge in [0.25, 0.3) is 0 Å². The number of phenolic OH excluding ortho intramolecular Hbond substituents is 1. The molecule has 2 heterocycles. The Morgan fingerprint density at radius 3 is 2.29 bits per heavy atom. The van der Waals surface area contributed by atoms with Gasteiger partial charge in [-0.3, -0.25) is 4.90 Å². The summed E-state index contributed by atoms with van der Waals surface area (Å²) in [5.41, 5.74) is 2.22. The number of hydrogen-bond donors (Lipinski definition) is 1. The van der Waals surface area contributed by atoms with E-state index in [1.165, 1.54) is 6.07 Å². The standard InChI is InChI=1S/C25H22F3N3O3/c1-33-17-4-2-16(3-5-17)31-10-8-30(9-11-31)14-19-22(32)7-6-18-24(29-34-25(18)19)15-12-20(26)23(28)21(27)13-15/h2-7,12-13,32H,8-11,14H2,1H3. The summed E-state index contributed by atoms with van der Waals surface area (Å²) in [6, 6.07) is 12.7. The minimum absolute atomic E-state index is 0.0456. The molecular weight excluding hydrogens is 447 g/mol. The Balaban J connectivity index is 1.36. The van der Waals surface area contributed by atoms with Gasteiger partial charge in [0.2, 0.25) is 0 Å². The third kappa shape index (κ3) is 4.03. The number of halogens is 3. The number of piperazine rings is 1. The molecule has 5 rings (SSSR count). The molecule has 1 saturated heterocycles. The van der Waals surface area contributed by atoms with E-state index in [1.54, 1.807) is 13.2 Å². The zero-order valence-corrected chi connectivity index (χ0v) is 18.4. The Labute approximate surface area is 193 Å². The molecule has 9 heteroatoms. The van der Waals surface area contributed by atoms with E-state index in [4.69, 9.17) is 9.26 Å². The minimum atomic E-state index is -1.54. The van der Waals surface area contributed by atoms with Crippen molar-refractivity contribution in [1.29, 1.82) is 0 Å². The molecule has 1 aliphatic heterocycles. The van der Waals surface area contributed by atoms with Crippen molar-refractivity contribution in [2.24, 2.45) is 0 Å². The lowest BCUT2D eigenvalue weighted by Gasteiger charge is -2.36. The first-order valence-electron chi connectivity index (χ1n) is 10.8. The first-order chi connectivity index (χ1) is 16.4. The fourth-order valence-electron chi connectivity index (χ4n) is 4.28. The second-order valence-electron chi connectivity index (χ2n) is 8.19. The Morgan fingerprint density at radius 1 is 0.971 bits per heavy atom. The third-order valence-corrected chi connectivity index (χ3v) is 6.17. The topological polar surface area (TPSA) is 62.0 Å². The molecule has 0 aliphatic carbocycles. The van der Waals surface area contributed by atoms with Gasteiger partial charge in [-0.05, 0) is 48.5 Å². The van der Waals surface area contributed by atoms with Gasteiger partial charge in [0.05, 0.1) is 18.1 Å². The maximum atomic E-state index is 13.7. The average molecular weight is 469 g/mol. The molecule has 0 unspecified atom stereocenters. The summed E-state index contributed by atoms with van der Waals surface area (Å²) >= 11 is 0. The van der Waals surface area contributed by atoms with Gasteiger partial charge < -0.3 is 19.3 Å². The molecule has 1 aliphatic rings. The van der Waals surface area contributed by atoms with Crippen LogP contribution in [0, 0.1) is 17.5 Å². The number of methoxy groups -OCH3 is 1. The van der Waals surface area contributed by atoms with Crippen LogP contribution in [-0.4, -0.2) is 48.5 Å². The number of fused-ring (bicyclic) bond motifs is 1. The van der Waals surface area contributed by atoms with Crippen molar-refractivity contribution in [3.05, 3.63) is 71.5 Å². The van der Waals surface area contributed by atoms with Gasteiger partial charge >= 0.3 is 0 Å². The molecule has 6 nitrogen and oxygen atoms in total. The predicted molar refractivity (Wildman–Crippen MR) is 121 cm³/mol. The van der Waals surface area contributed by atoms with Crippen LogP contribution in [-0.2, 0) is 6.54 Å². The van der Waals surface area contributed by atoms with E-state index in [0.29, 0.717) is 23.1 Å². The van der Waals surface area contributed by atoms with Gasteiger partial charge in [-0.1, -0.05) is 5.16 Å². The Morgan fingerprint density at radius 2 is 1.65 bits per heavy atom. The highest BCUT2D eigenvalue weighted by Gasteiger charge is 2.23. The van der Waals surface area contributed by atoms with Crippen LogP contribution in [0.4, 0.5) is 18.9 Å². The van der Waals surface area contributed by atoms with E-state index < -0.39 is 17.5 Å². The van der Waals surface area contributed by atoms with Crippen molar-refractivity contribution in [3.8, 4) is 22.8 Å². The zero-order valence-electron chi connectivity index (χ0n) is 18.4. The summed E-state index contributed by atoms with van der Waals surface area (Å²) in [4.78, 5) is 4.47. The maximum absolute atomic E-state index is 13.7. The molecule has 1 N–H and O–H groups in total. The van der Waals surface area contributed by atoms with Gasteiger partial charge in [0, 0.05) is 44.0 Å². The number of nitrogens with zero attached hydrogens (tertiary/aromatic N) is 3. The first-order valence-corrected chi connectivity index (χ1v) is 10.8. The van der Waals surface area contributed by atoms with Gasteiger partial charge in [-0.15, -0.1) is 0 Å². The van der Waals surface area contributed by atoms with Crippen molar-refractivity contribution < 1.29 is 27.5 Å². The van der Waals surface area contributed by atoms with Gasteiger partial charge in [-0.2, -0.15) is 0 Å². The lowest BCUT2D eigenvalue weighted by atomic mass is 10.0. The molecule has 0 amide bonds. The normalized spacial score (nSPS) is 14.6. The Kier molecular flexibility index (Phi) is 5.79. The number of benzene rings is 3. The highest BCUT2D eigenvalue weighted by molar-refractivity contribution is 5.94. The molecule has 0 radical (unpaired) electrons. The summed E-state index contributed by atoms with van der Waals surface area (Å²) in [7, 11) is 1.64. The highest BCUT2D eigenvalue weighted by atomic mass is 19.2. The molecule has 4 aromatic rings. The lowest BCUT2D eigenvalue weighted by Crippen LogP contribution is -2.45. The number of rotatable bonds is 5. The van der Waals surface area contributed by atoms with Crippen molar-refractivity contribution >= 4 is 16.7 Å². The minimum Gasteiger partial charge on any atom is -0.507 e. The number of phenols is 1. The molecule has 0 spiro atoms. The van der Waals surface area contributed by atoms with E-state index in [9.17, 15) is 18.3 Å². The van der Waals surface area contributed by atoms with E-state index >= 15 is 0 Å². The smallest absolute Gasteiger partial charge is 0.194 e. The van der Waals surface area contributed by atoms with Crippen LogP contribution in [0.3, 0.4) is 0 Å². The lowest BCUT2D eigenvalue weighted by molar-refractivity contribution is 0.246. The van der Waals surface area contributed by atoms with Crippen LogP contribution < -0.4 is 9.64 Å². The summed E-state index contributed by atoms with van der Waals surface area (Å²) in [6.45, 7) is 3.55. The SMILES string of the molecule is COc1ccc(N2CCN(Cc3c(O)ccc4c(-c5cc(F)c(F)c(F)c5)noc34)CC2)cc1. The monoisotopic (exact) mass is 469 g/mol. The van der Waals surface area contributed by atoms with E-state index in [0.717, 1.165) is 49.7 Å². The quantitative estimate of drug-likeness (QED) is 0.418. The van der Waals surface area contributed by atoms with Crippen LogP contribution >= 0.6 is 0 Å². The largest absolute Gasteiger partial charge is 0.507 e. The summed E-state index contributed by atoms with van der Waals surface area (Å²) in [6.07, 6.45) is 0. The molecule has 0 atom stereocenters. The number of ether oxygens (including phenoxy) is 1. The second kappa shape index (κ2) is 8.90. The number of hydrogen-bond acceptors (Lipinski definition) is 6. The summed E-state index contributed by atoms with van der Waals surface area (Å²) in [5.74, 6) is -3.30. The fraction of sp³-hybridized carbons (Fsp3) is 0.240. The molecule has 1 fully saturated rings. The van der Waals surface area contributed by atoms with Gasteiger partial charge in [-0.25, -0.2) is 13.2 Å². The summed E-state index contributed by atoms with van der Waals surface area (Å²) < 4.78 is 51.6. The third-order valence-electron chi connectivity index (χ3n) is 6.17. The Hall–Kier alpha value is -3.72. The molecule has 1 aromatic heterocycles. The van der Waals surface area contributed by atoms with Crippen molar-refractivity contribution in [1.82, 2.24) is 10.1 Å². The summed E-state index contributed by atoms with van der Waals surface area (Å²) in [5, 5.41) is 15.0.